The highest BCUT2D eigenvalue weighted by atomic mass is 35.5. The topological polar surface area (TPSA) is 31.4 Å². The molecule has 5 heteroatoms. The van der Waals surface area contributed by atoms with Crippen LogP contribution in [0.15, 0.2) is 12.1 Å². The monoisotopic (exact) mass is 310 g/mol. The Balaban J connectivity index is 2.06. The molecule has 0 saturated carbocycles. The molecule has 1 saturated heterocycles. The van der Waals surface area contributed by atoms with Crippen LogP contribution in [0.4, 0.5) is 5.82 Å². The predicted molar refractivity (Wildman–Crippen MR) is 90.1 cm³/mol. The van der Waals surface area contributed by atoms with Gasteiger partial charge in [-0.2, -0.15) is 0 Å². The zero-order chi connectivity index (χ0) is 15.4. The van der Waals surface area contributed by atoms with E-state index in [1.807, 2.05) is 12.1 Å². The van der Waals surface area contributed by atoms with Gasteiger partial charge in [0.2, 0.25) is 0 Å². The zero-order valence-corrected chi connectivity index (χ0v) is 14.3. The molecule has 1 aromatic rings. The third-order valence-corrected chi connectivity index (χ3v) is 4.52. The molecular weight excluding hydrogens is 284 g/mol. The number of nitrogens with zero attached hydrogens (tertiary/aromatic N) is 3. The molecule has 2 rings (SSSR count). The van der Waals surface area contributed by atoms with Gasteiger partial charge in [-0.3, -0.25) is 0 Å². The Morgan fingerprint density at radius 2 is 2.05 bits per heavy atom. The van der Waals surface area contributed by atoms with Crippen LogP contribution in [0.2, 0.25) is 5.02 Å². The molecule has 0 amide bonds. The lowest BCUT2D eigenvalue weighted by atomic mass is 10.0. The molecule has 1 fully saturated rings. The summed E-state index contributed by atoms with van der Waals surface area (Å²) in [5.41, 5.74) is 0.933. The van der Waals surface area contributed by atoms with Gasteiger partial charge in [-0.15, -0.1) is 0 Å². The number of hydrogen-bond donors (Lipinski definition) is 1. The maximum atomic E-state index is 6.26. The van der Waals surface area contributed by atoms with Crippen molar-refractivity contribution in [3.8, 4) is 0 Å². The Kier molecular flexibility index (Phi) is 5.85. The molecule has 21 heavy (non-hydrogen) atoms. The zero-order valence-electron chi connectivity index (χ0n) is 13.6. The highest BCUT2D eigenvalue weighted by Gasteiger charge is 2.21. The molecule has 0 unspecified atom stereocenters. The number of rotatable bonds is 5. The van der Waals surface area contributed by atoms with Crippen LogP contribution < -0.4 is 10.2 Å². The van der Waals surface area contributed by atoms with E-state index >= 15 is 0 Å². The van der Waals surface area contributed by atoms with E-state index in [0.29, 0.717) is 18.6 Å². The highest BCUT2D eigenvalue weighted by molar-refractivity contribution is 6.31. The van der Waals surface area contributed by atoms with E-state index < -0.39 is 0 Å². The molecule has 1 aliphatic heterocycles. The Bertz CT molecular complexity index is 456. The molecule has 0 aromatic carbocycles. The molecule has 0 spiro atoms. The molecule has 118 valence electrons. The van der Waals surface area contributed by atoms with Crippen LogP contribution in [0.25, 0.3) is 0 Å². The minimum Gasteiger partial charge on any atom is -0.357 e. The normalized spacial score (nSPS) is 17.4. The third kappa shape index (κ3) is 4.56. The van der Waals surface area contributed by atoms with Crippen molar-refractivity contribution in [2.75, 3.05) is 32.1 Å². The molecule has 4 nitrogen and oxygen atoms in total. The molecule has 1 N–H and O–H groups in total. The summed E-state index contributed by atoms with van der Waals surface area (Å²) in [7, 11) is 4.33. The molecule has 0 aliphatic carbocycles. The van der Waals surface area contributed by atoms with Gasteiger partial charge in [-0.05, 0) is 45.1 Å². The van der Waals surface area contributed by atoms with Gasteiger partial charge in [-0.25, -0.2) is 4.98 Å². The minimum absolute atomic E-state index is 0.429. The van der Waals surface area contributed by atoms with E-state index in [9.17, 15) is 0 Å². The highest BCUT2D eigenvalue weighted by Crippen LogP contribution is 2.23. The second-order valence-corrected chi connectivity index (χ2v) is 6.69. The lowest BCUT2D eigenvalue weighted by molar-refractivity contribution is 0.252. The van der Waals surface area contributed by atoms with E-state index in [2.05, 4.69) is 43.1 Å². The largest absolute Gasteiger partial charge is 0.357 e. The number of nitrogens with one attached hydrogen (secondary N) is 1. The van der Waals surface area contributed by atoms with Crippen LogP contribution in [-0.4, -0.2) is 49.2 Å². The SMILES string of the molecule is CC(C)NCc1nc(N(C)C2CCN(C)CC2)ccc1Cl. The van der Waals surface area contributed by atoms with Gasteiger partial charge in [0.25, 0.3) is 0 Å². The molecule has 2 heterocycles. The Morgan fingerprint density at radius 1 is 1.38 bits per heavy atom. The number of aromatic nitrogens is 1. The Labute approximate surface area is 133 Å². The first-order valence-electron chi connectivity index (χ1n) is 7.77. The number of likely N-dealkylation sites (tertiary alicyclic amines) is 1. The summed E-state index contributed by atoms with van der Waals surface area (Å²) >= 11 is 6.26. The fraction of sp³-hybridized carbons (Fsp3) is 0.688. The molecular formula is C16H27ClN4. The smallest absolute Gasteiger partial charge is 0.128 e. The quantitative estimate of drug-likeness (QED) is 0.906. The van der Waals surface area contributed by atoms with Gasteiger partial charge < -0.3 is 15.1 Å². The van der Waals surface area contributed by atoms with E-state index in [1.54, 1.807) is 0 Å². The van der Waals surface area contributed by atoms with Crippen LogP contribution in [0.3, 0.4) is 0 Å². The van der Waals surface area contributed by atoms with E-state index in [4.69, 9.17) is 16.6 Å². The number of piperidine rings is 1. The Morgan fingerprint density at radius 3 is 2.67 bits per heavy atom. The van der Waals surface area contributed by atoms with Crippen molar-refractivity contribution < 1.29 is 0 Å². The average Bonchev–Trinajstić information content (AvgIpc) is 2.46. The first kappa shape index (κ1) is 16.5. The lowest BCUT2D eigenvalue weighted by Crippen LogP contribution is -2.42. The number of hydrogen-bond acceptors (Lipinski definition) is 4. The maximum Gasteiger partial charge on any atom is 0.128 e. The van der Waals surface area contributed by atoms with Gasteiger partial charge in [0.15, 0.2) is 0 Å². The number of pyridine rings is 1. The summed E-state index contributed by atoms with van der Waals surface area (Å²) in [4.78, 5) is 9.45. The van der Waals surface area contributed by atoms with Gasteiger partial charge in [0.1, 0.15) is 5.82 Å². The van der Waals surface area contributed by atoms with Crippen molar-refractivity contribution in [2.24, 2.45) is 0 Å². The fourth-order valence-corrected chi connectivity index (χ4v) is 2.84. The number of anilines is 1. The molecule has 0 radical (unpaired) electrons. The van der Waals surface area contributed by atoms with Crippen molar-refractivity contribution >= 4 is 17.4 Å². The van der Waals surface area contributed by atoms with Crippen molar-refractivity contribution in [2.45, 2.75) is 45.3 Å². The molecule has 1 aliphatic rings. The van der Waals surface area contributed by atoms with Crippen molar-refractivity contribution in [1.82, 2.24) is 15.2 Å². The second-order valence-electron chi connectivity index (χ2n) is 6.28. The summed E-state index contributed by atoms with van der Waals surface area (Å²) in [6, 6.07) is 4.99. The van der Waals surface area contributed by atoms with Crippen LogP contribution in [0.1, 0.15) is 32.4 Å². The summed E-state index contributed by atoms with van der Waals surface area (Å²) in [6.07, 6.45) is 2.38. The molecule has 0 bridgehead atoms. The minimum atomic E-state index is 0.429. The molecule has 0 atom stereocenters. The standard InChI is InChI=1S/C16H27ClN4/c1-12(2)18-11-15-14(17)5-6-16(19-15)21(4)13-7-9-20(3)10-8-13/h5-6,12-13,18H,7-11H2,1-4H3. The summed E-state index contributed by atoms with van der Waals surface area (Å²) in [5.74, 6) is 1.02. The van der Waals surface area contributed by atoms with Crippen LogP contribution in [0.5, 0.6) is 0 Å². The van der Waals surface area contributed by atoms with Gasteiger partial charge in [-0.1, -0.05) is 25.4 Å². The van der Waals surface area contributed by atoms with Crippen molar-refractivity contribution in [3.05, 3.63) is 22.8 Å². The van der Waals surface area contributed by atoms with Gasteiger partial charge in [0.05, 0.1) is 10.7 Å². The second kappa shape index (κ2) is 7.43. The summed E-state index contributed by atoms with van der Waals surface area (Å²) in [5, 5.41) is 4.12. The van der Waals surface area contributed by atoms with Crippen LogP contribution in [0, 0.1) is 0 Å². The predicted octanol–water partition coefficient (Wildman–Crippen LogP) is 2.76. The van der Waals surface area contributed by atoms with Crippen LogP contribution >= 0.6 is 11.6 Å². The number of halogens is 1. The summed E-state index contributed by atoms with van der Waals surface area (Å²) in [6.45, 7) is 7.28. The van der Waals surface area contributed by atoms with E-state index in [1.165, 1.54) is 12.8 Å². The first-order chi connectivity index (χ1) is 9.97. The van der Waals surface area contributed by atoms with Gasteiger partial charge in [0, 0.05) is 25.7 Å². The average molecular weight is 311 g/mol. The first-order valence-corrected chi connectivity index (χ1v) is 8.15. The van der Waals surface area contributed by atoms with Gasteiger partial charge >= 0.3 is 0 Å². The maximum absolute atomic E-state index is 6.26. The molecule has 1 aromatic heterocycles. The van der Waals surface area contributed by atoms with Crippen molar-refractivity contribution in [1.29, 1.82) is 0 Å². The van der Waals surface area contributed by atoms with Crippen molar-refractivity contribution in [3.63, 3.8) is 0 Å². The fourth-order valence-electron chi connectivity index (χ4n) is 2.66. The Hall–Kier alpha value is -0.840. The van der Waals surface area contributed by atoms with E-state index in [-0.39, 0.29) is 0 Å². The third-order valence-electron chi connectivity index (χ3n) is 4.18. The summed E-state index contributed by atoms with van der Waals surface area (Å²) < 4.78 is 0. The lowest BCUT2D eigenvalue weighted by Gasteiger charge is -2.36. The van der Waals surface area contributed by atoms with E-state index in [0.717, 1.165) is 29.6 Å². The van der Waals surface area contributed by atoms with Crippen LogP contribution in [-0.2, 0) is 6.54 Å².